The summed E-state index contributed by atoms with van der Waals surface area (Å²) in [5, 5.41) is 2.02. The van der Waals surface area contributed by atoms with Crippen LogP contribution < -0.4 is 5.32 Å². The molecule has 0 unspecified atom stereocenters. The van der Waals surface area contributed by atoms with Gasteiger partial charge in [0.05, 0.1) is 18.8 Å². The summed E-state index contributed by atoms with van der Waals surface area (Å²) in [6.07, 6.45) is 0.960. The first-order valence-electron chi connectivity index (χ1n) is 6.62. The van der Waals surface area contributed by atoms with Gasteiger partial charge in [0.1, 0.15) is 11.2 Å². The van der Waals surface area contributed by atoms with Crippen LogP contribution in [0.3, 0.4) is 0 Å². The molecule has 1 aliphatic heterocycles. The molecule has 1 saturated heterocycles. The Labute approximate surface area is 117 Å². The molecule has 0 radical (unpaired) electrons. The summed E-state index contributed by atoms with van der Waals surface area (Å²) in [4.78, 5) is 14.1. The van der Waals surface area contributed by atoms with Gasteiger partial charge >= 0.3 is 0 Å². The van der Waals surface area contributed by atoms with Gasteiger partial charge in [-0.2, -0.15) is 0 Å². The Morgan fingerprint density at radius 3 is 2.95 bits per heavy atom. The van der Waals surface area contributed by atoms with Crippen molar-refractivity contribution in [3.63, 3.8) is 0 Å². The Morgan fingerprint density at radius 1 is 1.47 bits per heavy atom. The van der Waals surface area contributed by atoms with Crippen molar-refractivity contribution in [3.8, 4) is 0 Å². The predicted octanol–water partition coefficient (Wildman–Crippen LogP) is 1.37. The highest BCUT2D eigenvalue weighted by Crippen LogP contribution is 2.42. The number of carbonyl (C=O) groups is 1. The van der Waals surface area contributed by atoms with E-state index in [9.17, 15) is 9.18 Å². The highest BCUT2D eigenvalue weighted by atomic mass is 32.2. The monoisotopic (exact) mass is 283 g/mol. The molecule has 1 aromatic carbocycles. The van der Waals surface area contributed by atoms with Crippen molar-refractivity contribution >= 4 is 17.7 Å². The van der Waals surface area contributed by atoms with Crippen LogP contribution in [-0.2, 0) is 4.79 Å². The van der Waals surface area contributed by atoms with Crippen LogP contribution in [0, 0.1) is 5.82 Å². The number of quaternary nitrogens is 1. The summed E-state index contributed by atoms with van der Waals surface area (Å²) < 4.78 is 13.3. The van der Waals surface area contributed by atoms with E-state index in [2.05, 4.69) is 5.32 Å². The normalized spacial score (nSPS) is 23.1. The molecule has 0 saturated carbocycles. The Morgan fingerprint density at radius 2 is 2.26 bits per heavy atom. The average molecular weight is 283 g/mol. The first kappa shape index (κ1) is 14.3. The van der Waals surface area contributed by atoms with Gasteiger partial charge in [-0.3, -0.25) is 4.79 Å². The topological polar surface area (TPSA) is 36.9 Å². The highest BCUT2D eigenvalue weighted by molar-refractivity contribution is 8.01. The fourth-order valence-corrected chi connectivity index (χ4v) is 3.58. The molecule has 1 amide bonds. The van der Waals surface area contributed by atoms with Gasteiger partial charge in [0.25, 0.3) is 0 Å². The van der Waals surface area contributed by atoms with Gasteiger partial charge in [0.15, 0.2) is 0 Å². The van der Waals surface area contributed by atoms with Gasteiger partial charge in [-0.1, -0.05) is 12.1 Å². The van der Waals surface area contributed by atoms with Crippen molar-refractivity contribution in [1.82, 2.24) is 4.90 Å². The molecule has 3 nitrogen and oxygen atoms in total. The van der Waals surface area contributed by atoms with E-state index in [1.807, 2.05) is 24.9 Å². The first-order valence-corrected chi connectivity index (χ1v) is 7.57. The van der Waals surface area contributed by atoms with Gasteiger partial charge in [-0.15, -0.1) is 11.8 Å². The summed E-state index contributed by atoms with van der Waals surface area (Å²) in [5.41, 5.74) is 0.878. The molecule has 19 heavy (non-hydrogen) atoms. The molecule has 0 spiro atoms. The van der Waals surface area contributed by atoms with Crippen LogP contribution >= 0.6 is 11.8 Å². The number of nitrogens with two attached hydrogens (primary N) is 1. The van der Waals surface area contributed by atoms with Crippen LogP contribution in [0.1, 0.15) is 24.3 Å². The summed E-state index contributed by atoms with van der Waals surface area (Å²) in [5.74, 6) is -0.0812. The molecule has 2 atom stereocenters. The third-order valence-corrected chi connectivity index (χ3v) is 4.67. The lowest BCUT2D eigenvalue weighted by Crippen LogP contribution is -2.79. The number of halogens is 1. The van der Waals surface area contributed by atoms with Crippen molar-refractivity contribution in [2.45, 2.75) is 24.0 Å². The smallest absolute Gasteiger partial charge is 0.236 e. The largest absolute Gasteiger partial charge is 0.349 e. The number of hydrogen-bond acceptors (Lipinski definition) is 2. The minimum atomic E-state index is -0.244. The number of thioether (sulfide) groups is 1. The van der Waals surface area contributed by atoms with Crippen LogP contribution in [0.2, 0.25) is 0 Å². The van der Waals surface area contributed by atoms with Gasteiger partial charge < -0.3 is 10.2 Å². The molecule has 1 heterocycles. The van der Waals surface area contributed by atoms with Crippen molar-refractivity contribution < 1.29 is 14.5 Å². The summed E-state index contributed by atoms with van der Waals surface area (Å²) in [6, 6.07) is 6.56. The second-order valence-electron chi connectivity index (χ2n) is 4.77. The van der Waals surface area contributed by atoms with Crippen LogP contribution in [0.4, 0.5) is 4.39 Å². The third-order valence-electron chi connectivity index (χ3n) is 3.27. The van der Waals surface area contributed by atoms with E-state index in [1.165, 1.54) is 12.1 Å². The van der Waals surface area contributed by atoms with Crippen LogP contribution in [0.25, 0.3) is 0 Å². The number of benzene rings is 1. The lowest BCUT2D eigenvalue weighted by atomic mass is 10.2. The zero-order valence-corrected chi connectivity index (χ0v) is 12.1. The van der Waals surface area contributed by atoms with Crippen molar-refractivity contribution in [3.05, 3.63) is 35.6 Å². The summed E-state index contributed by atoms with van der Waals surface area (Å²) in [6.45, 7) is 3.66. The first-order chi connectivity index (χ1) is 9.13. The molecule has 1 fully saturated rings. The van der Waals surface area contributed by atoms with E-state index in [1.54, 1.807) is 17.8 Å². The quantitative estimate of drug-likeness (QED) is 0.829. The summed E-state index contributed by atoms with van der Waals surface area (Å²) in [7, 11) is 2.02. The van der Waals surface area contributed by atoms with Crippen LogP contribution in [-0.4, -0.2) is 36.2 Å². The fraction of sp³-hybridized carbons (Fsp3) is 0.500. The lowest BCUT2D eigenvalue weighted by Gasteiger charge is -2.23. The van der Waals surface area contributed by atoms with Crippen molar-refractivity contribution in [2.24, 2.45) is 0 Å². The van der Waals surface area contributed by atoms with Gasteiger partial charge in [-0.25, -0.2) is 4.39 Å². The zero-order chi connectivity index (χ0) is 13.8. The van der Waals surface area contributed by atoms with E-state index >= 15 is 0 Å². The number of carbonyl (C=O) groups excluding carboxylic acids is 1. The molecule has 0 bridgehead atoms. The second kappa shape index (κ2) is 6.39. The SMILES string of the molecule is C[NH2+]CCCN1C(=O)[C@H](C)S[C@@H]1c1cccc(F)c1. The standard InChI is InChI=1S/C14H19FN2OS/c1-10-13(18)17(8-4-7-16-2)14(19-10)11-5-3-6-12(15)9-11/h3,5-6,9-10,14,16H,4,7-8H2,1-2H3/p+1/t10-,14+/m0/s1. The minimum absolute atomic E-state index is 0.0427. The number of rotatable bonds is 5. The summed E-state index contributed by atoms with van der Waals surface area (Å²) >= 11 is 1.60. The molecule has 104 valence electrons. The van der Waals surface area contributed by atoms with Crippen LogP contribution in [0.5, 0.6) is 0 Å². The number of amides is 1. The maximum atomic E-state index is 13.3. The van der Waals surface area contributed by atoms with E-state index in [-0.39, 0.29) is 22.3 Å². The Bertz CT molecular complexity index is 455. The van der Waals surface area contributed by atoms with Gasteiger partial charge in [-0.05, 0) is 24.6 Å². The average Bonchev–Trinajstić information content (AvgIpc) is 2.67. The highest BCUT2D eigenvalue weighted by Gasteiger charge is 2.38. The van der Waals surface area contributed by atoms with E-state index in [4.69, 9.17) is 0 Å². The number of nitrogens with zero attached hydrogens (tertiary/aromatic N) is 1. The molecule has 1 aromatic rings. The molecular weight excluding hydrogens is 263 g/mol. The molecule has 2 N–H and O–H groups in total. The maximum absolute atomic E-state index is 13.3. The van der Waals surface area contributed by atoms with E-state index in [0.717, 1.165) is 25.1 Å². The molecular formula is C14H20FN2OS+. The Balaban J connectivity index is 2.15. The molecule has 2 rings (SSSR count). The second-order valence-corrected chi connectivity index (χ2v) is 6.19. The van der Waals surface area contributed by atoms with E-state index in [0.29, 0.717) is 0 Å². The third kappa shape index (κ3) is 3.28. The minimum Gasteiger partial charge on any atom is -0.349 e. The zero-order valence-electron chi connectivity index (χ0n) is 11.3. The molecule has 5 heteroatoms. The predicted molar refractivity (Wildman–Crippen MR) is 75.2 cm³/mol. The maximum Gasteiger partial charge on any atom is 0.236 e. The van der Waals surface area contributed by atoms with Gasteiger partial charge in [0, 0.05) is 13.0 Å². The Kier molecular flexibility index (Phi) is 4.82. The van der Waals surface area contributed by atoms with Crippen molar-refractivity contribution in [2.75, 3.05) is 20.1 Å². The lowest BCUT2D eigenvalue weighted by molar-refractivity contribution is -0.627. The van der Waals surface area contributed by atoms with Crippen molar-refractivity contribution in [1.29, 1.82) is 0 Å². The fourth-order valence-electron chi connectivity index (χ4n) is 2.29. The van der Waals surface area contributed by atoms with Crippen LogP contribution in [0.15, 0.2) is 24.3 Å². The Hall–Kier alpha value is -1.07. The van der Waals surface area contributed by atoms with E-state index < -0.39 is 0 Å². The number of hydrogen-bond donors (Lipinski definition) is 1. The molecule has 0 aliphatic carbocycles. The molecule has 0 aromatic heterocycles. The van der Waals surface area contributed by atoms with Gasteiger partial charge in [0.2, 0.25) is 5.91 Å². The molecule has 1 aliphatic rings.